The molecule has 7 heteroatoms. The molecule has 0 spiro atoms. The number of hydrogen-bond acceptors (Lipinski definition) is 4. The molecule has 1 saturated heterocycles. The van der Waals surface area contributed by atoms with Crippen LogP contribution < -0.4 is 19.7 Å². The molecule has 2 aromatic carbocycles. The van der Waals surface area contributed by atoms with E-state index in [9.17, 15) is 0 Å². The van der Waals surface area contributed by atoms with Gasteiger partial charge in [-0.3, -0.25) is 4.98 Å². The number of nitrogens with one attached hydrogen (secondary N) is 1. The predicted octanol–water partition coefficient (Wildman–Crippen LogP) is 5.88. The quantitative estimate of drug-likeness (QED) is 0.340. The van der Waals surface area contributed by atoms with E-state index >= 15 is 0 Å². The minimum Gasteiger partial charge on any atom is -0.497 e. The third-order valence-corrected chi connectivity index (χ3v) is 6.33. The van der Waals surface area contributed by atoms with Gasteiger partial charge in [0.1, 0.15) is 23.3 Å². The highest BCUT2D eigenvalue weighted by molar-refractivity contribution is 7.80. The summed E-state index contributed by atoms with van der Waals surface area (Å²) in [5.41, 5.74) is 3.14. The van der Waals surface area contributed by atoms with Gasteiger partial charge in [-0.1, -0.05) is 6.07 Å². The maximum absolute atomic E-state index is 6.01. The Balaban J connectivity index is 1.46. The molecule has 0 bridgehead atoms. The average molecular weight is 471 g/mol. The van der Waals surface area contributed by atoms with Crippen LogP contribution in [0.5, 0.6) is 17.2 Å². The van der Waals surface area contributed by atoms with E-state index in [1.54, 1.807) is 7.11 Å². The summed E-state index contributed by atoms with van der Waals surface area (Å²) in [5.74, 6) is 2.30. The van der Waals surface area contributed by atoms with Gasteiger partial charge in [-0.15, -0.1) is 0 Å². The van der Waals surface area contributed by atoms with Gasteiger partial charge in [0.25, 0.3) is 0 Å². The Kier molecular flexibility index (Phi) is 6.18. The average Bonchev–Trinajstić information content (AvgIpc) is 3.49. The van der Waals surface area contributed by atoms with Crippen molar-refractivity contribution in [3.05, 3.63) is 103 Å². The van der Waals surface area contributed by atoms with Crippen molar-refractivity contribution >= 4 is 23.0 Å². The van der Waals surface area contributed by atoms with Crippen molar-refractivity contribution in [2.24, 2.45) is 0 Å². The fourth-order valence-corrected chi connectivity index (χ4v) is 4.72. The van der Waals surface area contributed by atoms with Crippen LogP contribution in [0.2, 0.25) is 0 Å². The minimum atomic E-state index is -0.0656. The van der Waals surface area contributed by atoms with Crippen LogP contribution in [-0.2, 0) is 6.54 Å². The second kappa shape index (κ2) is 9.57. The number of aromatic nitrogens is 2. The van der Waals surface area contributed by atoms with Crippen LogP contribution >= 0.6 is 12.2 Å². The Labute approximate surface area is 204 Å². The molecule has 0 unspecified atom stereocenters. The Bertz CT molecular complexity index is 1260. The van der Waals surface area contributed by atoms with Crippen LogP contribution in [0.15, 0.2) is 91.3 Å². The minimum absolute atomic E-state index is 0.0364. The van der Waals surface area contributed by atoms with E-state index in [1.165, 1.54) is 5.69 Å². The van der Waals surface area contributed by atoms with Crippen molar-refractivity contribution in [3.8, 4) is 17.2 Å². The van der Waals surface area contributed by atoms with Crippen molar-refractivity contribution in [3.63, 3.8) is 0 Å². The molecule has 4 aromatic rings. The molecule has 0 radical (unpaired) electrons. The highest BCUT2D eigenvalue weighted by atomic mass is 32.1. The highest BCUT2D eigenvalue weighted by Crippen LogP contribution is 2.42. The molecule has 1 aliphatic rings. The number of benzene rings is 2. The van der Waals surface area contributed by atoms with Gasteiger partial charge in [-0.25, -0.2) is 0 Å². The Morgan fingerprint density at radius 1 is 0.912 bits per heavy atom. The fourth-order valence-electron chi connectivity index (χ4n) is 4.37. The summed E-state index contributed by atoms with van der Waals surface area (Å²) >= 11 is 5.83. The van der Waals surface area contributed by atoms with Crippen LogP contribution in [0.4, 0.5) is 5.69 Å². The van der Waals surface area contributed by atoms with E-state index in [1.807, 2.05) is 72.9 Å². The van der Waals surface area contributed by atoms with E-state index in [2.05, 4.69) is 45.0 Å². The maximum Gasteiger partial charge on any atom is 0.174 e. The second-order valence-electron chi connectivity index (χ2n) is 7.99. The molecular weight excluding hydrogens is 444 g/mol. The summed E-state index contributed by atoms with van der Waals surface area (Å²) in [5, 5.41) is 4.19. The highest BCUT2D eigenvalue weighted by Gasteiger charge is 2.41. The zero-order valence-electron chi connectivity index (χ0n) is 19.1. The first kappa shape index (κ1) is 22.0. The van der Waals surface area contributed by atoms with Gasteiger partial charge < -0.3 is 24.3 Å². The summed E-state index contributed by atoms with van der Waals surface area (Å²) in [6, 6.07) is 25.7. The predicted molar refractivity (Wildman–Crippen MR) is 138 cm³/mol. The van der Waals surface area contributed by atoms with Crippen LogP contribution in [0.25, 0.3) is 0 Å². The lowest BCUT2D eigenvalue weighted by molar-refractivity contribution is 0.413. The number of ether oxygens (including phenoxy) is 2. The second-order valence-corrected chi connectivity index (χ2v) is 8.37. The van der Waals surface area contributed by atoms with E-state index in [4.69, 9.17) is 21.7 Å². The molecule has 5 rings (SSSR count). The normalized spacial score (nSPS) is 17.5. The van der Waals surface area contributed by atoms with Crippen LogP contribution in [0, 0.1) is 0 Å². The van der Waals surface area contributed by atoms with Gasteiger partial charge in [0.05, 0.1) is 18.8 Å². The van der Waals surface area contributed by atoms with Crippen molar-refractivity contribution in [2.75, 3.05) is 12.0 Å². The van der Waals surface area contributed by atoms with Gasteiger partial charge in [-0.2, -0.15) is 0 Å². The Hall–Kier alpha value is -3.84. The maximum atomic E-state index is 6.01. The molecule has 6 nitrogen and oxygen atoms in total. The topological polar surface area (TPSA) is 51.6 Å². The first-order valence-corrected chi connectivity index (χ1v) is 11.7. The van der Waals surface area contributed by atoms with Gasteiger partial charge in [0.15, 0.2) is 5.11 Å². The number of thiocarbonyl (C=S) groups is 1. The molecule has 1 aliphatic heterocycles. The monoisotopic (exact) mass is 470 g/mol. The number of hydrogen-bond donors (Lipinski definition) is 1. The SMILES string of the molecule is CCn1cccc1[C@@H]1[C@H](c2ccccn2)NC(=S)N1c1ccc(Oc2ccc(OC)cc2)cc1. The third kappa shape index (κ3) is 4.22. The summed E-state index contributed by atoms with van der Waals surface area (Å²) in [4.78, 5) is 6.80. The van der Waals surface area contributed by atoms with E-state index in [0.717, 1.165) is 35.2 Å². The molecule has 0 aliphatic carbocycles. The molecule has 2 aromatic heterocycles. The van der Waals surface area contributed by atoms with E-state index in [0.29, 0.717) is 5.11 Å². The summed E-state index contributed by atoms with van der Waals surface area (Å²) < 4.78 is 13.5. The molecule has 34 heavy (non-hydrogen) atoms. The Morgan fingerprint density at radius 3 is 2.26 bits per heavy atom. The van der Waals surface area contributed by atoms with E-state index in [-0.39, 0.29) is 12.1 Å². The smallest absolute Gasteiger partial charge is 0.174 e. The number of nitrogens with zero attached hydrogens (tertiary/aromatic N) is 3. The molecule has 1 fully saturated rings. The van der Waals surface area contributed by atoms with Crippen molar-refractivity contribution in [2.45, 2.75) is 25.6 Å². The standard InChI is InChI=1S/C27H26N4O2S/c1-3-30-18-6-8-24(30)26-25(23-7-4-5-17-28-23)29-27(34)31(26)19-9-11-21(12-10-19)33-22-15-13-20(32-2)14-16-22/h4-18,25-26H,3H2,1-2H3,(H,29,34)/t25-,26+/m0/s1. The molecule has 1 N–H and O–H groups in total. The van der Waals surface area contributed by atoms with E-state index < -0.39 is 0 Å². The number of pyridine rings is 1. The Morgan fingerprint density at radius 2 is 1.62 bits per heavy atom. The lowest BCUT2D eigenvalue weighted by atomic mass is 10.0. The number of methoxy groups -OCH3 is 1. The summed E-state index contributed by atoms with van der Waals surface area (Å²) in [6.45, 7) is 3.03. The molecule has 2 atom stereocenters. The van der Waals surface area contributed by atoms with Crippen molar-refractivity contribution in [1.29, 1.82) is 0 Å². The van der Waals surface area contributed by atoms with Gasteiger partial charge in [-0.05, 0) is 91.9 Å². The molecule has 3 heterocycles. The van der Waals surface area contributed by atoms with Crippen molar-refractivity contribution in [1.82, 2.24) is 14.9 Å². The van der Waals surface area contributed by atoms with Gasteiger partial charge in [0, 0.05) is 30.3 Å². The van der Waals surface area contributed by atoms with Crippen LogP contribution in [0.3, 0.4) is 0 Å². The van der Waals surface area contributed by atoms with Crippen LogP contribution in [-0.4, -0.2) is 21.8 Å². The molecular formula is C27H26N4O2S. The molecule has 172 valence electrons. The number of aryl methyl sites for hydroxylation is 1. The molecule has 0 saturated carbocycles. The number of rotatable bonds is 7. The number of anilines is 1. The molecule has 0 amide bonds. The zero-order valence-corrected chi connectivity index (χ0v) is 19.9. The third-order valence-electron chi connectivity index (χ3n) is 6.02. The van der Waals surface area contributed by atoms with Gasteiger partial charge in [0.2, 0.25) is 0 Å². The first-order chi connectivity index (χ1) is 16.7. The lowest BCUT2D eigenvalue weighted by Gasteiger charge is -2.29. The first-order valence-electron chi connectivity index (χ1n) is 11.3. The summed E-state index contributed by atoms with van der Waals surface area (Å²) in [7, 11) is 1.65. The fraction of sp³-hybridized carbons (Fsp3) is 0.185. The zero-order chi connectivity index (χ0) is 23.5. The van der Waals surface area contributed by atoms with Gasteiger partial charge >= 0.3 is 0 Å². The summed E-state index contributed by atoms with van der Waals surface area (Å²) in [6.07, 6.45) is 3.93. The largest absolute Gasteiger partial charge is 0.497 e. The lowest BCUT2D eigenvalue weighted by Crippen LogP contribution is -2.30. The van der Waals surface area contributed by atoms with Crippen LogP contribution in [0.1, 0.15) is 30.4 Å². The van der Waals surface area contributed by atoms with Crippen molar-refractivity contribution < 1.29 is 9.47 Å².